The fourth-order valence-electron chi connectivity index (χ4n) is 2.21. The van der Waals surface area contributed by atoms with Crippen LogP contribution < -0.4 is 0 Å². The zero-order chi connectivity index (χ0) is 13.2. The number of fused-ring (bicyclic) bond motifs is 1. The molecule has 0 aliphatic heterocycles. The van der Waals surface area contributed by atoms with Gasteiger partial charge < -0.3 is 0 Å². The van der Waals surface area contributed by atoms with Crippen molar-refractivity contribution in [3.63, 3.8) is 0 Å². The summed E-state index contributed by atoms with van der Waals surface area (Å²) in [5.41, 5.74) is 3.84. The first kappa shape index (κ1) is 12.4. The zero-order valence-corrected chi connectivity index (χ0v) is 12.0. The minimum Gasteiger partial charge on any atom is -0.196 e. The molecule has 3 rings (SSSR count). The summed E-state index contributed by atoms with van der Waals surface area (Å²) in [6.07, 6.45) is 0.888. The first-order valence-corrected chi connectivity index (χ1v) is 7.35. The smallest absolute Gasteiger partial charge is 0.0670 e. The van der Waals surface area contributed by atoms with Crippen LogP contribution >= 0.6 is 11.5 Å². The third kappa shape index (κ3) is 2.54. The summed E-state index contributed by atoms with van der Waals surface area (Å²) in [6.45, 7) is 4.44. The van der Waals surface area contributed by atoms with Gasteiger partial charge in [0.15, 0.2) is 0 Å². The van der Waals surface area contributed by atoms with Crippen molar-refractivity contribution in [2.45, 2.75) is 26.2 Å². The number of rotatable bonds is 3. The van der Waals surface area contributed by atoms with Gasteiger partial charge in [0.2, 0.25) is 0 Å². The van der Waals surface area contributed by atoms with Crippen LogP contribution in [0.1, 0.15) is 36.6 Å². The van der Waals surface area contributed by atoms with Crippen LogP contribution in [0.3, 0.4) is 0 Å². The molecule has 2 aromatic carbocycles. The Kier molecular flexibility index (Phi) is 3.34. The lowest BCUT2D eigenvalue weighted by molar-refractivity contribution is 0.865. The van der Waals surface area contributed by atoms with E-state index in [4.69, 9.17) is 0 Å². The zero-order valence-electron chi connectivity index (χ0n) is 11.2. The molecular formula is C17H16NS. The topological polar surface area (TPSA) is 12.9 Å². The SMILES string of the molecule is CC(C)c1ccc(Cc2nsc3ccc[c]c23)cc1. The highest BCUT2D eigenvalue weighted by atomic mass is 32.1. The van der Waals surface area contributed by atoms with Crippen LogP contribution in [0.2, 0.25) is 0 Å². The van der Waals surface area contributed by atoms with E-state index in [0.717, 1.165) is 12.1 Å². The highest BCUT2D eigenvalue weighted by Gasteiger charge is 2.07. The van der Waals surface area contributed by atoms with E-state index in [1.54, 1.807) is 11.5 Å². The second-order valence-electron chi connectivity index (χ2n) is 5.11. The van der Waals surface area contributed by atoms with Gasteiger partial charge in [0.05, 0.1) is 10.4 Å². The molecule has 0 atom stereocenters. The molecule has 95 valence electrons. The average Bonchev–Trinajstić information content (AvgIpc) is 2.83. The van der Waals surface area contributed by atoms with Crippen LogP contribution in [-0.4, -0.2) is 4.37 Å². The Morgan fingerprint density at radius 2 is 1.95 bits per heavy atom. The van der Waals surface area contributed by atoms with Gasteiger partial charge in [-0.05, 0) is 40.7 Å². The predicted molar refractivity (Wildman–Crippen MR) is 81.8 cm³/mol. The van der Waals surface area contributed by atoms with Crippen molar-refractivity contribution in [2.75, 3.05) is 0 Å². The van der Waals surface area contributed by atoms with Gasteiger partial charge in [-0.1, -0.05) is 50.2 Å². The lowest BCUT2D eigenvalue weighted by Gasteiger charge is -2.06. The second-order valence-corrected chi connectivity index (χ2v) is 5.92. The van der Waals surface area contributed by atoms with Crippen molar-refractivity contribution in [3.8, 4) is 0 Å². The van der Waals surface area contributed by atoms with Gasteiger partial charge in [-0.3, -0.25) is 0 Å². The fraction of sp³-hybridized carbons (Fsp3) is 0.235. The summed E-state index contributed by atoms with van der Waals surface area (Å²) < 4.78 is 5.78. The summed E-state index contributed by atoms with van der Waals surface area (Å²) in [4.78, 5) is 0. The molecule has 0 aliphatic carbocycles. The molecule has 1 radical (unpaired) electrons. The van der Waals surface area contributed by atoms with E-state index in [9.17, 15) is 0 Å². The molecule has 1 aromatic heterocycles. The molecule has 0 aliphatic rings. The Labute approximate surface area is 118 Å². The molecule has 0 spiro atoms. The molecule has 0 amide bonds. The summed E-state index contributed by atoms with van der Waals surface area (Å²) in [7, 11) is 0. The Morgan fingerprint density at radius 3 is 2.68 bits per heavy atom. The maximum absolute atomic E-state index is 4.56. The van der Waals surface area contributed by atoms with E-state index in [1.807, 2.05) is 12.1 Å². The molecule has 0 bridgehead atoms. The Balaban J connectivity index is 1.88. The summed E-state index contributed by atoms with van der Waals surface area (Å²) >= 11 is 1.56. The number of aromatic nitrogens is 1. The second kappa shape index (κ2) is 5.14. The van der Waals surface area contributed by atoms with Crippen LogP contribution in [0.5, 0.6) is 0 Å². The molecule has 0 N–H and O–H groups in total. The lowest BCUT2D eigenvalue weighted by Crippen LogP contribution is -1.91. The molecule has 0 saturated heterocycles. The molecule has 1 nitrogen and oxygen atoms in total. The molecular weight excluding hydrogens is 250 g/mol. The minimum absolute atomic E-state index is 0.586. The largest absolute Gasteiger partial charge is 0.196 e. The van der Waals surface area contributed by atoms with Crippen molar-refractivity contribution in [2.24, 2.45) is 0 Å². The van der Waals surface area contributed by atoms with Crippen molar-refractivity contribution in [3.05, 3.63) is 65.4 Å². The van der Waals surface area contributed by atoms with Gasteiger partial charge in [0.1, 0.15) is 0 Å². The van der Waals surface area contributed by atoms with Crippen molar-refractivity contribution < 1.29 is 0 Å². The normalized spacial score (nSPS) is 11.3. The minimum atomic E-state index is 0.586. The van der Waals surface area contributed by atoms with E-state index in [0.29, 0.717) is 5.92 Å². The highest BCUT2D eigenvalue weighted by Crippen LogP contribution is 2.24. The molecule has 19 heavy (non-hydrogen) atoms. The van der Waals surface area contributed by atoms with Gasteiger partial charge in [0, 0.05) is 11.8 Å². The standard InChI is InChI=1S/C17H16NS/c1-12(2)14-9-7-13(8-10-14)11-16-15-5-3-4-6-17(15)19-18-16/h3-4,6-10,12H,11H2,1-2H3. The Morgan fingerprint density at radius 1 is 1.16 bits per heavy atom. The van der Waals surface area contributed by atoms with Crippen molar-refractivity contribution in [1.82, 2.24) is 4.37 Å². The van der Waals surface area contributed by atoms with Crippen LogP contribution in [-0.2, 0) is 6.42 Å². The first-order chi connectivity index (χ1) is 9.24. The maximum atomic E-state index is 4.56. The Bertz CT molecular complexity index is 680. The van der Waals surface area contributed by atoms with Gasteiger partial charge in [-0.15, -0.1) is 0 Å². The van der Waals surface area contributed by atoms with E-state index in [2.05, 4.69) is 54.6 Å². The first-order valence-electron chi connectivity index (χ1n) is 6.58. The van der Waals surface area contributed by atoms with Crippen LogP contribution in [0.15, 0.2) is 42.5 Å². The molecule has 2 heteroatoms. The van der Waals surface area contributed by atoms with E-state index in [1.165, 1.54) is 21.2 Å². The van der Waals surface area contributed by atoms with Crippen molar-refractivity contribution in [1.29, 1.82) is 0 Å². The summed E-state index contributed by atoms with van der Waals surface area (Å²) in [5.74, 6) is 0.586. The number of hydrogen-bond donors (Lipinski definition) is 0. The molecule has 1 heterocycles. The maximum Gasteiger partial charge on any atom is 0.0670 e. The summed E-state index contributed by atoms with van der Waals surface area (Å²) in [6, 6.07) is 18.2. The van der Waals surface area contributed by atoms with Gasteiger partial charge >= 0.3 is 0 Å². The quantitative estimate of drug-likeness (QED) is 0.663. The third-order valence-electron chi connectivity index (χ3n) is 3.38. The highest BCUT2D eigenvalue weighted by molar-refractivity contribution is 7.13. The lowest BCUT2D eigenvalue weighted by atomic mass is 10.00. The molecule has 0 fully saturated rings. The van der Waals surface area contributed by atoms with Crippen LogP contribution in [0.4, 0.5) is 0 Å². The monoisotopic (exact) mass is 266 g/mol. The third-order valence-corrected chi connectivity index (χ3v) is 4.23. The predicted octanol–water partition coefficient (Wildman–Crippen LogP) is 4.81. The summed E-state index contributed by atoms with van der Waals surface area (Å²) in [5, 5.41) is 1.17. The van der Waals surface area contributed by atoms with Gasteiger partial charge in [0.25, 0.3) is 0 Å². The molecule has 0 saturated carbocycles. The van der Waals surface area contributed by atoms with Crippen molar-refractivity contribution >= 4 is 21.6 Å². The number of benzene rings is 2. The Hall–Kier alpha value is -1.67. The number of hydrogen-bond acceptors (Lipinski definition) is 2. The van der Waals surface area contributed by atoms with E-state index < -0.39 is 0 Å². The van der Waals surface area contributed by atoms with E-state index in [-0.39, 0.29) is 0 Å². The van der Waals surface area contributed by atoms with Crippen LogP contribution in [0.25, 0.3) is 10.1 Å². The van der Waals surface area contributed by atoms with E-state index >= 15 is 0 Å². The molecule has 0 unspecified atom stereocenters. The molecule has 3 aromatic rings. The number of nitrogens with zero attached hydrogens (tertiary/aromatic N) is 1. The van der Waals surface area contributed by atoms with Crippen LogP contribution in [0, 0.1) is 6.07 Å². The fourth-order valence-corrected chi connectivity index (χ4v) is 2.98. The average molecular weight is 266 g/mol. The van der Waals surface area contributed by atoms with Gasteiger partial charge in [-0.2, -0.15) is 4.37 Å². The van der Waals surface area contributed by atoms with Gasteiger partial charge in [-0.25, -0.2) is 0 Å².